The van der Waals surface area contributed by atoms with Crippen LogP contribution in [0.15, 0.2) is 176 Å². The minimum absolute atomic E-state index is 0.511. The molecule has 1 spiro atoms. The van der Waals surface area contributed by atoms with E-state index in [1.165, 1.54) is 44.5 Å². The Balaban J connectivity index is 1.27. The average molecular weight is 624 g/mol. The maximum absolute atomic E-state index is 5.32. The summed E-state index contributed by atoms with van der Waals surface area (Å²) >= 11 is 0. The first-order valence-electron chi connectivity index (χ1n) is 16.7. The predicted molar refractivity (Wildman–Crippen MR) is 198 cm³/mol. The lowest BCUT2D eigenvalue weighted by atomic mass is 9.69. The number of aromatic nitrogens is 3. The largest absolute Gasteiger partial charge is 0.208 e. The van der Waals surface area contributed by atoms with Crippen LogP contribution in [0.1, 0.15) is 22.3 Å². The second-order valence-corrected chi connectivity index (χ2v) is 12.7. The van der Waals surface area contributed by atoms with Gasteiger partial charge in [0, 0.05) is 16.7 Å². The Labute approximate surface area is 285 Å². The molecule has 0 saturated carbocycles. The van der Waals surface area contributed by atoms with Crippen molar-refractivity contribution < 1.29 is 0 Å². The number of hydrogen-bond donors (Lipinski definition) is 0. The van der Waals surface area contributed by atoms with Crippen molar-refractivity contribution in [2.45, 2.75) is 5.41 Å². The first-order chi connectivity index (χ1) is 24.3. The first-order valence-corrected chi connectivity index (χ1v) is 16.7. The second-order valence-electron chi connectivity index (χ2n) is 12.7. The molecule has 10 rings (SSSR count). The summed E-state index contributed by atoms with van der Waals surface area (Å²) in [6.07, 6.45) is 0. The van der Waals surface area contributed by atoms with Gasteiger partial charge in [-0.3, -0.25) is 0 Å². The van der Waals surface area contributed by atoms with Crippen LogP contribution in [0.4, 0.5) is 0 Å². The van der Waals surface area contributed by atoms with E-state index in [1.54, 1.807) is 0 Å². The van der Waals surface area contributed by atoms with Crippen LogP contribution in [-0.2, 0) is 5.41 Å². The van der Waals surface area contributed by atoms with E-state index in [1.807, 2.05) is 24.3 Å². The van der Waals surface area contributed by atoms with Gasteiger partial charge in [0.2, 0.25) is 0 Å². The van der Waals surface area contributed by atoms with Crippen LogP contribution in [0.5, 0.6) is 0 Å². The molecule has 7 aromatic carbocycles. The van der Waals surface area contributed by atoms with Gasteiger partial charge in [0.15, 0.2) is 17.5 Å². The van der Waals surface area contributed by atoms with Crippen molar-refractivity contribution in [2.75, 3.05) is 0 Å². The summed E-state index contributed by atoms with van der Waals surface area (Å²) in [6, 6.07) is 62.5. The summed E-state index contributed by atoms with van der Waals surface area (Å²) in [5.41, 5.74) is 14.8. The molecule has 0 bridgehead atoms. The van der Waals surface area contributed by atoms with E-state index in [0.717, 1.165) is 27.8 Å². The highest BCUT2D eigenvalue weighted by atomic mass is 15.0. The minimum Gasteiger partial charge on any atom is -0.208 e. The van der Waals surface area contributed by atoms with Crippen LogP contribution >= 0.6 is 0 Å². The fourth-order valence-corrected chi connectivity index (χ4v) is 8.15. The van der Waals surface area contributed by atoms with Gasteiger partial charge in [-0.1, -0.05) is 170 Å². The van der Waals surface area contributed by atoms with Crippen molar-refractivity contribution in [3.8, 4) is 67.5 Å². The molecule has 0 fully saturated rings. The normalized spacial score (nSPS) is 13.1. The van der Waals surface area contributed by atoms with E-state index >= 15 is 0 Å². The summed E-state index contributed by atoms with van der Waals surface area (Å²) in [4.78, 5) is 15.7. The topological polar surface area (TPSA) is 38.7 Å². The Bertz CT molecular complexity index is 2490. The number of benzene rings is 7. The van der Waals surface area contributed by atoms with Gasteiger partial charge in [-0.2, -0.15) is 0 Å². The lowest BCUT2D eigenvalue weighted by Gasteiger charge is -2.31. The third kappa shape index (κ3) is 4.06. The van der Waals surface area contributed by atoms with Crippen LogP contribution in [0.2, 0.25) is 0 Å². The summed E-state index contributed by atoms with van der Waals surface area (Å²) < 4.78 is 0. The molecule has 0 amide bonds. The molecule has 0 saturated heterocycles. The molecule has 2 aliphatic rings. The van der Waals surface area contributed by atoms with Gasteiger partial charge in [0.1, 0.15) is 0 Å². The van der Waals surface area contributed by atoms with Gasteiger partial charge in [-0.25, -0.2) is 15.0 Å². The highest BCUT2D eigenvalue weighted by Crippen LogP contribution is 2.64. The maximum atomic E-state index is 5.32. The van der Waals surface area contributed by atoms with Gasteiger partial charge < -0.3 is 0 Å². The zero-order chi connectivity index (χ0) is 32.4. The Morgan fingerprint density at radius 3 is 1.33 bits per heavy atom. The zero-order valence-electron chi connectivity index (χ0n) is 26.6. The summed E-state index contributed by atoms with van der Waals surface area (Å²) in [7, 11) is 0. The third-order valence-electron chi connectivity index (χ3n) is 10.1. The molecule has 3 heteroatoms. The van der Waals surface area contributed by atoms with Gasteiger partial charge in [0.05, 0.1) is 5.41 Å². The van der Waals surface area contributed by atoms with Gasteiger partial charge in [-0.15, -0.1) is 0 Å². The van der Waals surface area contributed by atoms with E-state index in [-0.39, 0.29) is 0 Å². The van der Waals surface area contributed by atoms with Crippen LogP contribution < -0.4 is 0 Å². The monoisotopic (exact) mass is 623 g/mol. The molecular weight excluding hydrogens is 595 g/mol. The molecule has 0 atom stereocenters. The zero-order valence-corrected chi connectivity index (χ0v) is 26.6. The molecule has 2 aliphatic carbocycles. The van der Waals surface area contributed by atoms with Crippen molar-refractivity contribution in [3.05, 3.63) is 198 Å². The molecule has 0 aliphatic heterocycles. The number of fused-ring (bicyclic) bond motifs is 10. The molecule has 1 aromatic heterocycles. The molecule has 8 aromatic rings. The van der Waals surface area contributed by atoms with Crippen LogP contribution in [0.25, 0.3) is 67.5 Å². The fourth-order valence-electron chi connectivity index (χ4n) is 8.15. The Hall–Kier alpha value is -6.45. The lowest BCUT2D eigenvalue weighted by Crippen LogP contribution is -2.26. The second kappa shape index (κ2) is 10.8. The highest BCUT2D eigenvalue weighted by Gasteiger charge is 2.52. The van der Waals surface area contributed by atoms with Gasteiger partial charge in [-0.05, 0) is 61.7 Å². The Morgan fingerprint density at radius 2 is 0.694 bits per heavy atom. The molecule has 0 unspecified atom stereocenters. The molecular formula is C46H29N3. The Kier molecular flexibility index (Phi) is 6.09. The van der Waals surface area contributed by atoms with Crippen molar-refractivity contribution in [1.29, 1.82) is 0 Å². The molecule has 1 heterocycles. The SMILES string of the molecule is c1ccc(-c2cccc(-c3nc(-c4ccccc4)nc(-c4cccc5c4C4(c6ccccc6-c6ccccc64)c4ccccc4-5)n3)c2)cc1. The van der Waals surface area contributed by atoms with E-state index in [9.17, 15) is 0 Å². The predicted octanol–water partition coefficient (Wildman–Crippen LogP) is 10.9. The van der Waals surface area contributed by atoms with Crippen LogP contribution in [0.3, 0.4) is 0 Å². The molecule has 228 valence electrons. The molecule has 49 heavy (non-hydrogen) atoms. The lowest BCUT2D eigenvalue weighted by molar-refractivity contribution is 0.794. The van der Waals surface area contributed by atoms with Gasteiger partial charge >= 0.3 is 0 Å². The minimum atomic E-state index is -0.511. The van der Waals surface area contributed by atoms with E-state index in [2.05, 4.69) is 152 Å². The van der Waals surface area contributed by atoms with Crippen molar-refractivity contribution >= 4 is 0 Å². The number of rotatable bonds is 4. The summed E-state index contributed by atoms with van der Waals surface area (Å²) in [5.74, 6) is 1.97. The first kappa shape index (κ1) is 27.6. The molecule has 0 N–H and O–H groups in total. The standard InChI is InChI=1S/C46H29N3/c1-3-15-30(16-4-1)32-19-13-20-33(29-32)44-47-43(31-17-5-2-6-18-31)48-45(49-44)38-25-14-24-37-36-23-9-12-28-41(36)46(42(37)38)39-26-10-7-21-34(39)35-22-8-11-27-40(35)46/h1-29H. The number of nitrogens with zero attached hydrogens (tertiary/aromatic N) is 3. The quantitative estimate of drug-likeness (QED) is 0.196. The molecule has 3 nitrogen and oxygen atoms in total. The van der Waals surface area contributed by atoms with E-state index in [0.29, 0.717) is 17.5 Å². The van der Waals surface area contributed by atoms with Crippen molar-refractivity contribution in [1.82, 2.24) is 15.0 Å². The van der Waals surface area contributed by atoms with Gasteiger partial charge in [0.25, 0.3) is 0 Å². The smallest absolute Gasteiger partial charge is 0.164 e. The van der Waals surface area contributed by atoms with E-state index < -0.39 is 5.41 Å². The maximum Gasteiger partial charge on any atom is 0.164 e. The average Bonchev–Trinajstić information content (AvgIpc) is 3.66. The highest BCUT2D eigenvalue weighted by molar-refractivity contribution is 5.98. The van der Waals surface area contributed by atoms with Crippen LogP contribution in [0, 0.1) is 0 Å². The van der Waals surface area contributed by atoms with Crippen molar-refractivity contribution in [2.24, 2.45) is 0 Å². The Morgan fingerprint density at radius 1 is 0.286 bits per heavy atom. The van der Waals surface area contributed by atoms with Crippen molar-refractivity contribution in [3.63, 3.8) is 0 Å². The molecule has 0 radical (unpaired) electrons. The third-order valence-corrected chi connectivity index (χ3v) is 10.1. The number of hydrogen-bond acceptors (Lipinski definition) is 3. The fraction of sp³-hybridized carbons (Fsp3) is 0.0217. The van der Waals surface area contributed by atoms with E-state index in [4.69, 9.17) is 15.0 Å². The summed E-state index contributed by atoms with van der Waals surface area (Å²) in [6.45, 7) is 0. The summed E-state index contributed by atoms with van der Waals surface area (Å²) in [5, 5.41) is 0. The van der Waals surface area contributed by atoms with Crippen LogP contribution in [-0.4, -0.2) is 15.0 Å².